The third-order valence-electron chi connectivity index (χ3n) is 3.75. The van der Waals surface area contributed by atoms with E-state index < -0.39 is 0 Å². The van der Waals surface area contributed by atoms with Gasteiger partial charge in [0.05, 0.1) is 0 Å². The maximum absolute atomic E-state index is 8.53. The standard InChI is InChI=1S/C17H32ClN3/c1-5-10-21(4)11-6-7-17(12-16(3)18)9-8-15(2)13-20-14-19/h12,15,17,20H,5-11,13H2,1-4H3/b16-12+/t15-,17?/m0/s1. The predicted molar refractivity (Wildman–Crippen MR) is 92.1 cm³/mol. The summed E-state index contributed by atoms with van der Waals surface area (Å²) in [6.45, 7) is 9.46. The number of nitriles is 1. The number of rotatable bonds is 12. The van der Waals surface area contributed by atoms with Crippen molar-refractivity contribution < 1.29 is 0 Å². The molecule has 21 heavy (non-hydrogen) atoms. The Hall–Kier alpha value is -0.720. The van der Waals surface area contributed by atoms with E-state index in [1.165, 1.54) is 25.8 Å². The van der Waals surface area contributed by atoms with E-state index in [-0.39, 0.29) is 0 Å². The molecule has 0 aromatic rings. The summed E-state index contributed by atoms with van der Waals surface area (Å²) in [5.41, 5.74) is 0. The van der Waals surface area contributed by atoms with Gasteiger partial charge < -0.3 is 10.2 Å². The molecule has 0 heterocycles. The lowest BCUT2D eigenvalue weighted by Gasteiger charge is -2.19. The molecule has 0 aromatic carbocycles. The lowest BCUT2D eigenvalue weighted by Crippen LogP contribution is -2.21. The Labute approximate surface area is 136 Å². The molecule has 0 aliphatic carbocycles. The Morgan fingerprint density at radius 1 is 1.33 bits per heavy atom. The van der Waals surface area contributed by atoms with Crippen LogP contribution >= 0.6 is 11.6 Å². The van der Waals surface area contributed by atoms with Gasteiger partial charge in [0.25, 0.3) is 0 Å². The van der Waals surface area contributed by atoms with Gasteiger partial charge in [-0.15, -0.1) is 0 Å². The lowest BCUT2D eigenvalue weighted by molar-refractivity contribution is 0.314. The molecule has 0 radical (unpaired) electrons. The Kier molecular flexibility index (Phi) is 12.5. The van der Waals surface area contributed by atoms with E-state index >= 15 is 0 Å². The van der Waals surface area contributed by atoms with Gasteiger partial charge in [-0.1, -0.05) is 31.5 Å². The Balaban J connectivity index is 4.09. The van der Waals surface area contributed by atoms with E-state index in [0.29, 0.717) is 11.8 Å². The average molecular weight is 314 g/mol. The first-order chi connectivity index (χ1) is 9.99. The quantitative estimate of drug-likeness (QED) is 0.430. The van der Waals surface area contributed by atoms with Crippen molar-refractivity contribution in [2.45, 2.75) is 52.9 Å². The van der Waals surface area contributed by atoms with Crippen LogP contribution in [0.15, 0.2) is 11.1 Å². The van der Waals surface area contributed by atoms with Crippen molar-refractivity contribution in [3.63, 3.8) is 0 Å². The highest BCUT2D eigenvalue weighted by molar-refractivity contribution is 6.29. The number of hydrogen-bond donors (Lipinski definition) is 1. The van der Waals surface area contributed by atoms with Gasteiger partial charge in [-0.25, -0.2) is 0 Å². The molecule has 1 unspecified atom stereocenters. The Bertz CT molecular complexity index is 318. The highest BCUT2D eigenvalue weighted by Gasteiger charge is 2.10. The van der Waals surface area contributed by atoms with Gasteiger partial charge in [0.2, 0.25) is 0 Å². The zero-order valence-corrected chi connectivity index (χ0v) is 14.9. The maximum atomic E-state index is 8.53. The van der Waals surface area contributed by atoms with Crippen LogP contribution in [-0.2, 0) is 0 Å². The molecular formula is C17H32ClN3. The predicted octanol–water partition coefficient (Wildman–Crippen LogP) is 4.35. The van der Waals surface area contributed by atoms with E-state index in [1.54, 1.807) is 0 Å². The third kappa shape index (κ3) is 12.7. The first-order valence-electron chi connectivity index (χ1n) is 8.14. The van der Waals surface area contributed by atoms with Crippen molar-refractivity contribution in [3.8, 4) is 6.19 Å². The van der Waals surface area contributed by atoms with E-state index in [9.17, 15) is 0 Å². The summed E-state index contributed by atoms with van der Waals surface area (Å²) in [5.74, 6) is 1.08. The fourth-order valence-corrected chi connectivity index (χ4v) is 2.75. The summed E-state index contributed by atoms with van der Waals surface area (Å²) in [6, 6.07) is 0. The van der Waals surface area contributed by atoms with Gasteiger partial charge in [0.15, 0.2) is 6.19 Å². The van der Waals surface area contributed by atoms with Crippen LogP contribution in [0.1, 0.15) is 52.9 Å². The van der Waals surface area contributed by atoms with E-state index in [0.717, 1.165) is 31.0 Å². The second-order valence-corrected chi connectivity index (χ2v) is 6.73. The number of nitrogens with one attached hydrogen (secondary N) is 1. The zero-order chi connectivity index (χ0) is 16.1. The minimum Gasteiger partial charge on any atom is -0.324 e. The maximum Gasteiger partial charge on any atom is 0.176 e. The van der Waals surface area contributed by atoms with Gasteiger partial charge in [0.1, 0.15) is 0 Å². The van der Waals surface area contributed by atoms with Crippen molar-refractivity contribution in [3.05, 3.63) is 11.1 Å². The topological polar surface area (TPSA) is 39.1 Å². The molecule has 0 saturated carbocycles. The highest BCUT2D eigenvalue weighted by atomic mass is 35.5. The molecule has 122 valence electrons. The summed E-state index contributed by atoms with van der Waals surface area (Å²) in [7, 11) is 2.19. The molecule has 0 saturated heterocycles. The van der Waals surface area contributed by atoms with Crippen LogP contribution in [0.25, 0.3) is 0 Å². The van der Waals surface area contributed by atoms with Crippen molar-refractivity contribution in [1.82, 2.24) is 10.2 Å². The van der Waals surface area contributed by atoms with Crippen LogP contribution in [0.3, 0.4) is 0 Å². The second kappa shape index (κ2) is 13.0. The van der Waals surface area contributed by atoms with Crippen LogP contribution in [0.4, 0.5) is 0 Å². The van der Waals surface area contributed by atoms with Crippen molar-refractivity contribution in [2.75, 3.05) is 26.7 Å². The molecule has 0 aliphatic rings. The van der Waals surface area contributed by atoms with Crippen LogP contribution in [0, 0.1) is 23.3 Å². The molecule has 0 fully saturated rings. The molecule has 0 aromatic heterocycles. The summed E-state index contributed by atoms with van der Waals surface area (Å²) in [4.78, 5) is 2.40. The van der Waals surface area contributed by atoms with Crippen LogP contribution in [0.5, 0.6) is 0 Å². The fourth-order valence-electron chi connectivity index (χ4n) is 2.57. The smallest absolute Gasteiger partial charge is 0.176 e. The van der Waals surface area contributed by atoms with E-state index in [2.05, 4.69) is 37.2 Å². The van der Waals surface area contributed by atoms with Gasteiger partial charge in [0, 0.05) is 11.6 Å². The average Bonchev–Trinajstić information content (AvgIpc) is 2.42. The largest absolute Gasteiger partial charge is 0.324 e. The number of hydrogen-bond acceptors (Lipinski definition) is 3. The number of allylic oxidation sites excluding steroid dienone is 2. The second-order valence-electron chi connectivity index (χ2n) is 6.13. The summed E-state index contributed by atoms with van der Waals surface area (Å²) >= 11 is 6.06. The molecule has 4 heteroatoms. The normalized spacial score (nSPS) is 14.8. The zero-order valence-electron chi connectivity index (χ0n) is 14.2. The van der Waals surface area contributed by atoms with E-state index in [4.69, 9.17) is 16.9 Å². The van der Waals surface area contributed by atoms with E-state index in [1.807, 2.05) is 13.1 Å². The molecule has 1 N–H and O–H groups in total. The molecule has 0 aliphatic heterocycles. The molecule has 0 bridgehead atoms. The van der Waals surface area contributed by atoms with Crippen molar-refractivity contribution in [1.29, 1.82) is 5.26 Å². The minimum atomic E-state index is 0.527. The highest BCUT2D eigenvalue weighted by Crippen LogP contribution is 2.21. The lowest BCUT2D eigenvalue weighted by atomic mass is 9.92. The number of nitrogens with zero attached hydrogens (tertiary/aromatic N) is 2. The monoisotopic (exact) mass is 313 g/mol. The number of halogens is 1. The van der Waals surface area contributed by atoms with Gasteiger partial charge in [-0.3, -0.25) is 0 Å². The van der Waals surface area contributed by atoms with Crippen molar-refractivity contribution >= 4 is 11.6 Å². The first-order valence-corrected chi connectivity index (χ1v) is 8.51. The molecule has 0 amide bonds. The molecule has 0 spiro atoms. The molecular weight excluding hydrogens is 282 g/mol. The molecule has 2 atom stereocenters. The summed E-state index contributed by atoms with van der Waals surface area (Å²) in [5, 5.41) is 12.2. The van der Waals surface area contributed by atoms with Crippen LogP contribution in [-0.4, -0.2) is 31.6 Å². The minimum absolute atomic E-state index is 0.527. The molecule has 3 nitrogen and oxygen atoms in total. The van der Waals surface area contributed by atoms with Gasteiger partial charge >= 0.3 is 0 Å². The Morgan fingerprint density at radius 3 is 2.62 bits per heavy atom. The van der Waals surface area contributed by atoms with Gasteiger partial charge in [-0.2, -0.15) is 5.26 Å². The van der Waals surface area contributed by atoms with Crippen LogP contribution < -0.4 is 5.32 Å². The first kappa shape index (κ1) is 20.3. The third-order valence-corrected chi connectivity index (χ3v) is 3.87. The van der Waals surface area contributed by atoms with Crippen LogP contribution in [0.2, 0.25) is 0 Å². The summed E-state index contributed by atoms with van der Waals surface area (Å²) in [6.07, 6.45) is 10.1. The SMILES string of the molecule is CCCN(C)CCCC(/C=C(\C)Cl)CC[C@H](C)CNC#N. The van der Waals surface area contributed by atoms with Gasteiger partial charge in [-0.05, 0) is 71.0 Å². The Morgan fingerprint density at radius 2 is 2.05 bits per heavy atom. The summed E-state index contributed by atoms with van der Waals surface area (Å²) < 4.78 is 0. The van der Waals surface area contributed by atoms with Crippen molar-refractivity contribution in [2.24, 2.45) is 11.8 Å². The molecule has 0 rings (SSSR count). The fraction of sp³-hybridized carbons (Fsp3) is 0.824.